The predicted molar refractivity (Wildman–Crippen MR) is 120 cm³/mol. The molecular weight excluding hydrogens is 445 g/mol. The van der Waals surface area contributed by atoms with Gasteiger partial charge in [0.2, 0.25) is 5.91 Å². The van der Waals surface area contributed by atoms with Gasteiger partial charge in [0.05, 0.1) is 29.6 Å². The number of hydrogen-bond acceptors (Lipinski definition) is 4. The van der Waals surface area contributed by atoms with E-state index in [-0.39, 0.29) is 36.6 Å². The molecule has 0 bridgehead atoms. The number of allylic oxidation sites excluding steroid dienone is 4. The van der Waals surface area contributed by atoms with E-state index in [1.54, 1.807) is 11.1 Å². The molecule has 3 aliphatic rings. The van der Waals surface area contributed by atoms with E-state index in [1.165, 1.54) is 12.2 Å². The largest absolute Gasteiger partial charge is 0.416 e. The lowest BCUT2D eigenvalue weighted by molar-refractivity contribution is -0.133. The molecule has 9 heteroatoms. The van der Waals surface area contributed by atoms with Crippen molar-refractivity contribution in [1.29, 1.82) is 0 Å². The summed E-state index contributed by atoms with van der Waals surface area (Å²) in [5.74, 6) is -0.166. The molecule has 1 saturated heterocycles. The molecule has 1 fully saturated rings. The average Bonchev–Trinajstić information content (AvgIpc) is 3.41. The molecule has 0 saturated carbocycles. The SMILES string of the molecule is O=C(CC1C=CC(C(F)(F)F)=CC1)N1CCC(C(O)CC2c3ccccc3-c3cnnn32)CC1. The Morgan fingerprint density at radius 3 is 2.68 bits per heavy atom. The highest BCUT2D eigenvalue weighted by molar-refractivity contribution is 5.77. The highest BCUT2D eigenvalue weighted by Gasteiger charge is 2.36. The topological polar surface area (TPSA) is 71.2 Å². The first-order chi connectivity index (χ1) is 16.3. The van der Waals surface area contributed by atoms with E-state index in [0.29, 0.717) is 32.4 Å². The van der Waals surface area contributed by atoms with Crippen molar-refractivity contribution >= 4 is 5.91 Å². The number of piperidine rings is 1. The number of amides is 1. The smallest absolute Gasteiger partial charge is 0.393 e. The maximum absolute atomic E-state index is 12.8. The maximum Gasteiger partial charge on any atom is 0.416 e. The van der Waals surface area contributed by atoms with Crippen LogP contribution in [0.4, 0.5) is 13.2 Å². The van der Waals surface area contributed by atoms with Gasteiger partial charge in [-0.2, -0.15) is 13.2 Å². The van der Waals surface area contributed by atoms with E-state index >= 15 is 0 Å². The van der Waals surface area contributed by atoms with E-state index in [0.717, 1.165) is 22.9 Å². The number of nitrogens with zero attached hydrogens (tertiary/aromatic N) is 4. The van der Waals surface area contributed by atoms with Gasteiger partial charge in [-0.15, -0.1) is 5.10 Å². The molecule has 0 spiro atoms. The van der Waals surface area contributed by atoms with Crippen LogP contribution in [0.3, 0.4) is 0 Å². The van der Waals surface area contributed by atoms with Crippen LogP contribution < -0.4 is 0 Å². The third-order valence-electron chi connectivity index (χ3n) is 7.32. The first kappa shape index (κ1) is 22.8. The van der Waals surface area contributed by atoms with Crippen LogP contribution in [0.1, 0.15) is 43.7 Å². The minimum atomic E-state index is -4.34. The lowest BCUT2D eigenvalue weighted by Gasteiger charge is -2.35. The second-order valence-corrected chi connectivity index (χ2v) is 9.40. The molecule has 1 amide bonds. The first-order valence-electron chi connectivity index (χ1n) is 11.7. The highest BCUT2D eigenvalue weighted by atomic mass is 19.4. The number of aliphatic hydroxyl groups is 1. The summed E-state index contributed by atoms with van der Waals surface area (Å²) in [6, 6.07) is 8.02. The Balaban J connectivity index is 1.13. The van der Waals surface area contributed by atoms with Crippen LogP contribution >= 0.6 is 0 Å². The van der Waals surface area contributed by atoms with Gasteiger partial charge in [-0.3, -0.25) is 4.79 Å². The van der Waals surface area contributed by atoms with Crippen LogP contribution in [-0.2, 0) is 4.79 Å². The van der Waals surface area contributed by atoms with Crippen LogP contribution in [0, 0.1) is 11.8 Å². The quantitative estimate of drug-likeness (QED) is 0.705. The molecule has 6 nitrogen and oxygen atoms in total. The number of alkyl halides is 3. The molecular formula is C25H27F3N4O2. The third-order valence-corrected chi connectivity index (χ3v) is 7.32. The number of carbonyl (C=O) groups excluding carboxylic acids is 1. The number of halogens is 3. The highest BCUT2D eigenvalue weighted by Crippen LogP contribution is 2.41. The summed E-state index contributed by atoms with van der Waals surface area (Å²) in [5, 5.41) is 19.3. The van der Waals surface area contributed by atoms with Gasteiger partial charge in [0.1, 0.15) is 0 Å². The lowest BCUT2D eigenvalue weighted by atomic mass is 9.86. The number of aliphatic hydroxyl groups excluding tert-OH is 1. The van der Waals surface area contributed by atoms with E-state index in [1.807, 2.05) is 22.9 Å². The zero-order valence-corrected chi connectivity index (χ0v) is 18.7. The van der Waals surface area contributed by atoms with E-state index in [9.17, 15) is 23.1 Å². The van der Waals surface area contributed by atoms with Crippen LogP contribution in [0.5, 0.6) is 0 Å². The van der Waals surface area contributed by atoms with E-state index in [2.05, 4.69) is 16.4 Å². The van der Waals surface area contributed by atoms with Gasteiger partial charge in [0.25, 0.3) is 0 Å². The maximum atomic E-state index is 12.8. The Morgan fingerprint density at radius 2 is 1.97 bits per heavy atom. The Labute approximate surface area is 195 Å². The number of fused-ring (bicyclic) bond motifs is 3. The summed E-state index contributed by atoms with van der Waals surface area (Å²) in [4.78, 5) is 14.5. The van der Waals surface area contributed by atoms with Crippen molar-refractivity contribution in [1.82, 2.24) is 19.9 Å². The third kappa shape index (κ3) is 4.41. The lowest BCUT2D eigenvalue weighted by Crippen LogP contribution is -2.42. The summed E-state index contributed by atoms with van der Waals surface area (Å²) >= 11 is 0. The molecule has 3 heterocycles. The molecule has 1 N–H and O–H groups in total. The van der Waals surface area contributed by atoms with Gasteiger partial charge in [-0.1, -0.05) is 47.7 Å². The Bertz CT molecular complexity index is 1120. The fourth-order valence-corrected chi connectivity index (χ4v) is 5.38. The second-order valence-electron chi connectivity index (χ2n) is 9.40. The molecule has 0 radical (unpaired) electrons. The molecule has 180 valence electrons. The number of likely N-dealkylation sites (tertiary alicyclic amines) is 1. The monoisotopic (exact) mass is 472 g/mol. The van der Waals surface area contributed by atoms with Gasteiger partial charge in [0, 0.05) is 31.5 Å². The molecule has 34 heavy (non-hydrogen) atoms. The number of aromatic nitrogens is 3. The van der Waals surface area contributed by atoms with Crippen molar-refractivity contribution in [3.05, 3.63) is 59.8 Å². The van der Waals surface area contributed by atoms with Crippen molar-refractivity contribution in [2.75, 3.05) is 13.1 Å². The molecule has 1 aromatic heterocycles. The molecule has 3 unspecified atom stereocenters. The zero-order valence-electron chi connectivity index (χ0n) is 18.7. The first-order valence-corrected chi connectivity index (χ1v) is 11.7. The van der Waals surface area contributed by atoms with Crippen molar-refractivity contribution in [3.63, 3.8) is 0 Å². The van der Waals surface area contributed by atoms with Gasteiger partial charge >= 0.3 is 6.18 Å². The minimum Gasteiger partial charge on any atom is -0.393 e. The minimum absolute atomic E-state index is 0.0385. The fraction of sp³-hybridized carbons (Fsp3) is 0.480. The van der Waals surface area contributed by atoms with Crippen LogP contribution in [0.2, 0.25) is 0 Å². The van der Waals surface area contributed by atoms with Crippen molar-refractivity contribution in [3.8, 4) is 11.3 Å². The van der Waals surface area contributed by atoms with Crippen LogP contribution in [0.25, 0.3) is 11.3 Å². The van der Waals surface area contributed by atoms with Gasteiger partial charge in [-0.05, 0) is 36.7 Å². The summed E-state index contributed by atoms with van der Waals surface area (Å²) in [6.07, 6.45) is 2.97. The van der Waals surface area contributed by atoms with E-state index < -0.39 is 17.9 Å². The predicted octanol–water partition coefficient (Wildman–Crippen LogP) is 4.29. The molecule has 5 rings (SSSR count). The molecule has 2 aromatic rings. The van der Waals surface area contributed by atoms with Crippen molar-refractivity contribution < 1.29 is 23.1 Å². The Kier molecular flexibility index (Phi) is 6.06. The second kappa shape index (κ2) is 9.02. The molecule has 3 atom stereocenters. The van der Waals surface area contributed by atoms with Crippen molar-refractivity contribution in [2.45, 2.75) is 50.4 Å². The summed E-state index contributed by atoms with van der Waals surface area (Å²) in [7, 11) is 0. The van der Waals surface area contributed by atoms with Crippen LogP contribution in [-0.4, -0.2) is 56.3 Å². The Hall–Kier alpha value is -2.94. The van der Waals surface area contributed by atoms with Crippen LogP contribution in [0.15, 0.2) is 54.3 Å². The standard InChI is InChI=1S/C25H27F3N4O2/c26-25(27,28)18-7-5-16(6-8-18)13-24(34)31-11-9-17(10-12-31)23(33)14-21-19-3-1-2-4-20(19)22-15-29-30-32(21)22/h1-5,7-8,15-17,21,23,33H,6,9-14H2. The Morgan fingerprint density at radius 1 is 1.21 bits per heavy atom. The van der Waals surface area contributed by atoms with Crippen molar-refractivity contribution in [2.24, 2.45) is 11.8 Å². The molecule has 1 aliphatic carbocycles. The molecule has 2 aliphatic heterocycles. The van der Waals surface area contributed by atoms with E-state index in [4.69, 9.17) is 0 Å². The van der Waals surface area contributed by atoms with Gasteiger partial charge in [0.15, 0.2) is 0 Å². The summed E-state index contributed by atoms with van der Waals surface area (Å²) in [6.45, 7) is 1.10. The number of hydrogen-bond donors (Lipinski definition) is 1. The molecule has 1 aromatic carbocycles. The normalized spacial score (nSPS) is 23.4. The zero-order chi connectivity index (χ0) is 23.9. The number of carbonyl (C=O) groups is 1. The number of benzene rings is 1. The number of rotatable bonds is 5. The average molecular weight is 473 g/mol. The summed E-state index contributed by atoms with van der Waals surface area (Å²) < 4.78 is 40.2. The fourth-order valence-electron chi connectivity index (χ4n) is 5.38. The summed E-state index contributed by atoms with van der Waals surface area (Å²) in [5.41, 5.74) is 2.55. The van der Waals surface area contributed by atoms with Gasteiger partial charge in [-0.25, -0.2) is 4.68 Å². The van der Waals surface area contributed by atoms with Gasteiger partial charge < -0.3 is 10.0 Å².